The zero-order chi connectivity index (χ0) is 14.1. The number of Topliss-reactive ketones (excluding diaryl/α,β-unsaturated/α-hetero) is 1. The lowest BCUT2D eigenvalue weighted by Gasteiger charge is -2.02. The van der Waals surface area contributed by atoms with Crippen LogP contribution in [0.3, 0.4) is 0 Å². The van der Waals surface area contributed by atoms with Crippen molar-refractivity contribution in [1.29, 1.82) is 0 Å². The number of hydrogen-bond donors (Lipinski definition) is 0. The third-order valence-electron chi connectivity index (χ3n) is 3.12. The predicted molar refractivity (Wildman–Crippen MR) is 76.4 cm³/mol. The molecule has 2 aromatic heterocycles. The van der Waals surface area contributed by atoms with Crippen LogP contribution >= 0.6 is 0 Å². The van der Waals surface area contributed by atoms with Crippen LogP contribution < -0.4 is 0 Å². The summed E-state index contributed by atoms with van der Waals surface area (Å²) in [7, 11) is 0. The molecule has 2 heterocycles. The van der Waals surface area contributed by atoms with Crippen LogP contribution in [0.4, 0.5) is 0 Å². The molecule has 0 radical (unpaired) electrons. The van der Waals surface area contributed by atoms with Gasteiger partial charge in [-0.1, -0.05) is 13.8 Å². The summed E-state index contributed by atoms with van der Waals surface area (Å²) in [5.41, 5.74) is 2.91. The fourth-order valence-electron chi connectivity index (χ4n) is 2.03. The number of benzene rings is 1. The van der Waals surface area contributed by atoms with Crippen LogP contribution in [0, 0.1) is 5.92 Å². The molecular formula is C16H14N2O2. The highest BCUT2D eigenvalue weighted by molar-refractivity contribution is 5.99. The minimum Gasteiger partial charge on any atom is -0.436 e. The molecule has 4 nitrogen and oxygen atoms in total. The molecule has 0 N–H and O–H groups in total. The first-order chi connectivity index (χ1) is 9.65. The lowest BCUT2D eigenvalue weighted by molar-refractivity contribution is 0.0939. The molecule has 0 fully saturated rings. The van der Waals surface area contributed by atoms with Gasteiger partial charge in [0, 0.05) is 29.4 Å². The average Bonchev–Trinajstić information content (AvgIpc) is 2.90. The van der Waals surface area contributed by atoms with Gasteiger partial charge in [0.05, 0.1) is 0 Å². The maximum atomic E-state index is 12.0. The summed E-state index contributed by atoms with van der Waals surface area (Å²) in [6, 6.07) is 9.04. The fourth-order valence-corrected chi connectivity index (χ4v) is 2.03. The zero-order valence-electron chi connectivity index (χ0n) is 11.3. The molecule has 0 amide bonds. The Balaban J connectivity index is 2.06. The van der Waals surface area contributed by atoms with E-state index in [0.29, 0.717) is 22.6 Å². The standard InChI is InChI=1S/C16H14N2O2/c1-10(2)15(19)12-3-4-14-13(9-12)18-16(20-14)11-5-7-17-8-6-11/h3-10H,1-2H3. The first-order valence-electron chi connectivity index (χ1n) is 6.50. The molecule has 0 saturated carbocycles. The topological polar surface area (TPSA) is 56.0 Å². The molecule has 3 aromatic rings. The van der Waals surface area contributed by atoms with E-state index in [1.807, 2.05) is 26.0 Å². The van der Waals surface area contributed by atoms with Gasteiger partial charge in [0.2, 0.25) is 5.89 Å². The van der Waals surface area contributed by atoms with Gasteiger partial charge in [0.25, 0.3) is 0 Å². The lowest BCUT2D eigenvalue weighted by atomic mass is 10.0. The third kappa shape index (κ3) is 2.20. The number of fused-ring (bicyclic) bond motifs is 1. The summed E-state index contributed by atoms with van der Waals surface area (Å²) in [5, 5.41) is 0. The number of hydrogen-bond acceptors (Lipinski definition) is 4. The normalized spacial score (nSPS) is 11.2. The Labute approximate surface area is 116 Å². The number of oxazole rings is 1. The Bertz CT molecular complexity index is 761. The van der Waals surface area contributed by atoms with Crippen LogP contribution in [0.1, 0.15) is 24.2 Å². The number of ketones is 1. The maximum absolute atomic E-state index is 12.0. The maximum Gasteiger partial charge on any atom is 0.227 e. The minimum absolute atomic E-state index is 0.0287. The Morgan fingerprint density at radius 1 is 1.15 bits per heavy atom. The summed E-state index contributed by atoms with van der Waals surface area (Å²) in [6.45, 7) is 3.77. The molecule has 0 atom stereocenters. The van der Waals surface area contributed by atoms with Crippen molar-refractivity contribution in [2.24, 2.45) is 5.92 Å². The van der Waals surface area contributed by atoms with E-state index in [4.69, 9.17) is 4.42 Å². The molecule has 4 heteroatoms. The minimum atomic E-state index is -0.0287. The van der Waals surface area contributed by atoms with Crippen LogP contribution in [0.2, 0.25) is 0 Å². The molecule has 0 bridgehead atoms. The second kappa shape index (κ2) is 4.89. The van der Waals surface area contributed by atoms with E-state index in [2.05, 4.69) is 9.97 Å². The Morgan fingerprint density at radius 2 is 1.90 bits per heavy atom. The first kappa shape index (κ1) is 12.5. The summed E-state index contributed by atoms with van der Waals surface area (Å²) in [6.07, 6.45) is 3.38. The average molecular weight is 266 g/mol. The summed E-state index contributed by atoms with van der Waals surface area (Å²) in [5.74, 6) is 0.621. The van der Waals surface area contributed by atoms with Gasteiger partial charge >= 0.3 is 0 Å². The van der Waals surface area contributed by atoms with Crippen LogP contribution in [0.15, 0.2) is 47.1 Å². The van der Waals surface area contributed by atoms with Crippen molar-refractivity contribution in [2.75, 3.05) is 0 Å². The van der Waals surface area contributed by atoms with Crippen LogP contribution in [0.5, 0.6) is 0 Å². The van der Waals surface area contributed by atoms with E-state index >= 15 is 0 Å². The number of nitrogens with zero attached hydrogens (tertiary/aromatic N) is 2. The summed E-state index contributed by atoms with van der Waals surface area (Å²) < 4.78 is 5.70. The highest BCUT2D eigenvalue weighted by Crippen LogP contribution is 2.25. The molecule has 20 heavy (non-hydrogen) atoms. The van der Waals surface area contributed by atoms with E-state index in [-0.39, 0.29) is 11.7 Å². The van der Waals surface area contributed by atoms with Crippen LogP contribution in [-0.2, 0) is 0 Å². The van der Waals surface area contributed by atoms with Crippen molar-refractivity contribution in [3.63, 3.8) is 0 Å². The molecule has 0 aliphatic carbocycles. The van der Waals surface area contributed by atoms with Gasteiger partial charge in [-0.2, -0.15) is 0 Å². The molecule has 0 saturated heterocycles. The van der Waals surface area contributed by atoms with Crippen molar-refractivity contribution < 1.29 is 9.21 Å². The second-order valence-electron chi connectivity index (χ2n) is 4.96. The molecule has 0 spiro atoms. The van der Waals surface area contributed by atoms with Crippen molar-refractivity contribution in [1.82, 2.24) is 9.97 Å². The Morgan fingerprint density at radius 3 is 2.60 bits per heavy atom. The molecule has 1 aromatic carbocycles. The molecule has 0 unspecified atom stereocenters. The fraction of sp³-hybridized carbons (Fsp3) is 0.188. The van der Waals surface area contributed by atoms with Gasteiger partial charge < -0.3 is 4.42 Å². The molecular weight excluding hydrogens is 252 g/mol. The van der Waals surface area contributed by atoms with Crippen molar-refractivity contribution >= 4 is 16.9 Å². The van der Waals surface area contributed by atoms with Gasteiger partial charge in [0.1, 0.15) is 5.52 Å². The third-order valence-corrected chi connectivity index (χ3v) is 3.12. The van der Waals surface area contributed by atoms with Crippen molar-refractivity contribution in [3.05, 3.63) is 48.3 Å². The van der Waals surface area contributed by atoms with E-state index in [9.17, 15) is 4.79 Å². The Kier molecular flexibility index (Phi) is 3.06. The van der Waals surface area contributed by atoms with E-state index in [0.717, 1.165) is 5.56 Å². The largest absolute Gasteiger partial charge is 0.436 e. The summed E-state index contributed by atoms with van der Waals surface area (Å²) >= 11 is 0. The smallest absolute Gasteiger partial charge is 0.227 e. The predicted octanol–water partition coefficient (Wildman–Crippen LogP) is 3.73. The molecule has 0 aliphatic rings. The van der Waals surface area contributed by atoms with Gasteiger partial charge in [-0.25, -0.2) is 4.98 Å². The molecule has 3 rings (SSSR count). The van der Waals surface area contributed by atoms with Crippen molar-refractivity contribution in [2.45, 2.75) is 13.8 Å². The highest BCUT2D eigenvalue weighted by Gasteiger charge is 2.13. The molecule has 0 aliphatic heterocycles. The highest BCUT2D eigenvalue weighted by atomic mass is 16.3. The van der Waals surface area contributed by atoms with Gasteiger partial charge in [0.15, 0.2) is 11.4 Å². The van der Waals surface area contributed by atoms with Crippen LogP contribution in [-0.4, -0.2) is 15.8 Å². The zero-order valence-corrected chi connectivity index (χ0v) is 11.3. The number of rotatable bonds is 3. The second-order valence-corrected chi connectivity index (χ2v) is 4.96. The number of carbonyl (C=O) groups is 1. The molecule has 100 valence electrons. The van der Waals surface area contributed by atoms with Crippen molar-refractivity contribution in [3.8, 4) is 11.5 Å². The van der Waals surface area contributed by atoms with Crippen LogP contribution in [0.25, 0.3) is 22.6 Å². The number of aromatic nitrogens is 2. The van der Waals surface area contributed by atoms with Gasteiger partial charge in [-0.3, -0.25) is 9.78 Å². The quantitative estimate of drug-likeness (QED) is 0.678. The van der Waals surface area contributed by atoms with Gasteiger partial charge in [-0.05, 0) is 30.3 Å². The lowest BCUT2D eigenvalue weighted by Crippen LogP contribution is -2.06. The van der Waals surface area contributed by atoms with Gasteiger partial charge in [-0.15, -0.1) is 0 Å². The SMILES string of the molecule is CC(C)C(=O)c1ccc2oc(-c3ccncc3)nc2c1. The number of carbonyl (C=O) groups excluding carboxylic acids is 1. The Hall–Kier alpha value is -2.49. The first-order valence-corrected chi connectivity index (χ1v) is 6.50. The van der Waals surface area contributed by atoms with E-state index in [1.165, 1.54) is 0 Å². The monoisotopic (exact) mass is 266 g/mol. The van der Waals surface area contributed by atoms with E-state index in [1.54, 1.807) is 30.6 Å². The van der Waals surface area contributed by atoms with E-state index < -0.39 is 0 Å². The number of pyridine rings is 1. The summed E-state index contributed by atoms with van der Waals surface area (Å²) in [4.78, 5) is 20.4.